The molecule has 0 aliphatic heterocycles. The van der Waals surface area contributed by atoms with Gasteiger partial charge in [0.25, 0.3) is 0 Å². The normalized spacial score (nSPS) is 12.0. The van der Waals surface area contributed by atoms with Crippen LogP contribution in [0.5, 0.6) is 11.5 Å². The second kappa shape index (κ2) is 9.11. The first-order valence-corrected chi connectivity index (χ1v) is 10.1. The lowest BCUT2D eigenvalue weighted by atomic mass is 10.2. The van der Waals surface area contributed by atoms with Crippen molar-refractivity contribution in [2.24, 2.45) is 0 Å². The number of nitrogens with one attached hydrogen (secondary N) is 1. The van der Waals surface area contributed by atoms with Crippen molar-refractivity contribution in [3.05, 3.63) is 47.0 Å². The smallest absolute Gasteiger partial charge is 0.416 e. The zero-order valence-corrected chi connectivity index (χ0v) is 17.7. The topological polar surface area (TPSA) is 84.9 Å². The molecule has 0 aliphatic carbocycles. The average molecular weight is 467 g/mol. The van der Waals surface area contributed by atoms with Crippen molar-refractivity contribution in [2.75, 3.05) is 33.1 Å². The number of carbonyl (C=O) groups is 1. The largest absolute Gasteiger partial charge is 0.493 e. The van der Waals surface area contributed by atoms with Crippen LogP contribution in [0.1, 0.15) is 5.56 Å². The predicted octanol–water partition coefficient (Wildman–Crippen LogP) is 3.64. The Morgan fingerprint density at radius 3 is 2.30 bits per heavy atom. The Balaban J connectivity index is 2.19. The number of sulfonamides is 1. The van der Waals surface area contributed by atoms with Crippen LogP contribution in [-0.2, 0) is 21.0 Å². The van der Waals surface area contributed by atoms with Gasteiger partial charge < -0.3 is 14.8 Å². The van der Waals surface area contributed by atoms with E-state index in [1.807, 2.05) is 0 Å². The summed E-state index contributed by atoms with van der Waals surface area (Å²) in [6.07, 6.45) is -4.63. The number of amides is 1. The molecule has 0 spiro atoms. The monoisotopic (exact) mass is 466 g/mol. The molecular weight excluding hydrogens is 449 g/mol. The van der Waals surface area contributed by atoms with E-state index >= 15 is 0 Å². The van der Waals surface area contributed by atoms with Gasteiger partial charge in [-0.05, 0) is 30.3 Å². The number of ether oxygens (including phenoxy) is 2. The van der Waals surface area contributed by atoms with Crippen LogP contribution in [-0.4, -0.2) is 46.4 Å². The van der Waals surface area contributed by atoms with Crippen LogP contribution in [0.25, 0.3) is 0 Å². The highest BCUT2D eigenvalue weighted by Gasteiger charge is 2.31. The first-order chi connectivity index (χ1) is 13.9. The molecule has 0 unspecified atom stereocenters. The molecule has 7 nitrogen and oxygen atoms in total. The lowest BCUT2D eigenvalue weighted by Gasteiger charge is -2.18. The van der Waals surface area contributed by atoms with E-state index in [0.717, 1.165) is 23.5 Å². The van der Waals surface area contributed by atoms with Crippen LogP contribution in [0.4, 0.5) is 18.9 Å². The second-order valence-corrected chi connectivity index (χ2v) is 8.47. The highest BCUT2D eigenvalue weighted by molar-refractivity contribution is 7.89. The van der Waals surface area contributed by atoms with Crippen molar-refractivity contribution >= 4 is 33.2 Å². The van der Waals surface area contributed by atoms with E-state index in [2.05, 4.69) is 5.32 Å². The first kappa shape index (κ1) is 23.8. The number of carbonyl (C=O) groups excluding carboxylic acids is 1. The zero-order valence-electron chi connectivity index (χ0n) is 16.1. The molecule has 1 N–H and O–H groups in total. The molecule has 0 aromatic heterocycles. The van der Waals surface area contributed by atoms with Crippen molar-refractivity contribution in [3.8, 4) is 11.5 Å². The summed E-state index contributed by atoms with van der Waals surface area (Å²) >= 11 is 5.83. The summed E-state index contributed by atoms with van der Waals surface area (Å²) < 4.78 is 74.8. The van der Waals surface area contributed by atoms with Gasteiger partial charge in [-0.1, -0.05) is 11.6 Å². The predicted molar refractivity (Wildman–Crippen MR) is 104 cm³/mol. The lowest BCUT2D eigenvalue weighted by molar-refractivity contribution is -0.137. The Bertz CT molecular complexity index is 1040. The quantitative estimate of drug-likeness (QED) is 0.673. The Labute approximate surface area is 176 Å². The number of anilines is 1. The van der Waals surface area contributed by atoms with Gasteiger partial charge in [-0.15, -0.1) is 0 Å². The Hall–Kier alpha value is -2.50. The fourth-order valence-corrected chi connectivity index (χ4v) is 3.74. The van der Waals surface area contributed by atoms with Crippen LogP contribution in [0.3, 0.4) is 0 Å². The second-order valence-electron chi connectivity index (χ2n) is 6.02. The third-order valence-electron chi connectivity index (χ3n) is 4.00. The minimum absolute atomic E-state index is 0.123. The van der Waals surface area contributed by atoms with Crippen LogP contribution in [0.2, 0.25) is 5.02 Å². The van der Waals surface area contributed by atoms with Gasteiger partial charge in [0.2, 0.25) is 15.9 Å². The average Bonchev–Trinajstić information content (AvgIpc) is 2.67. The molecule has 30 heavy (non-hydrogen) atoms. The third kappa shape index (κ3) is 5.35. The van der Waals surface area contributed by atoms with E-state index in [1.54, 1.807) is 0 Å². The molecule has 0 fully saturated rings. The highest BCUT2D eigenvalue weighted by atomic mass is 35.5. The summed E-state index contributed by atoms with van der Waals surface area (Å²) in [6.45, 7) is -0.663. The summed E-state index contributed by atoms with van der Waals surface area (Å²) in [6, 6.07) is 6.32. The van der Waals surface area contributed by atoms with E-state index in [0.29, 0.717) is 11.8 Å². The molecule has 2 aromatic carbocycles. The van der Waals surface area contributed by atoms with E-state index in [1.165, 1.54) is 32.4 Å². The number of benzene rings is 2. The maximum absolute atomic E-state index is 12.8. The third-order valence-corrected chi connectivity index (χ3v) is 6.13. The van der Waals surface area contributed by atoms with Crippen LogP contribution in [0, 0.1) is 0 Å². The molecule has 1 amide bonds. The molecule has 0 saturated heterocycles. The molecule has 164 valence electrons. The molecule has 0 heterocycles. The number of nitrogens with zero attached hydrogens (tertiary/aromatic N) is 1. The number of methoxy groups -OCH3 is 2. The van der Waals surface area contributed by atoms with Gasteiger partial charge >= 0.3 is 6.18 Å². The van der Waals surface area contributed by atoms with Crippen LogP contribution >= 0.6 is 11.6 Å². The molecule has 2 rings (SSSR count). The van der Waals surface area contributed by atoms with E-state index in [9.17, 15) is 26.4 Å². The molecule has 0 aliphatic rings. The summed E-state index contributed by atoms with van der Waals surface area (Å²) in [5, 5.41) is 2.07. The molecule has 0 atom stereocenters. The summed E-state index contributed by atoms with van der Waals surface area (Å²) in [4.78, 5) is 12.1. The highest BCUT2D eigenvalue weighted by Crippen LogP contribution is 2.34. The van der Waals surface area contributed by atoms with Crippen LogP contribution in [0.15, 0.2) is 41.3 Å². The van der Waals surface area contributed by atoms with Crippen molar-refractivity contribution in [1.82, 2.24) is 4.31 Å². The van der Waals surface area contributed by atoms with E-state index in [-0.39, 0.29) is 21.4 Å². The van der Waals surface area contributed by atoms with E-state index in [4.69, 9.17) is 21.1 Å². The van der Waals surface area contributed by atoms with Gasteiger partial charge in [-0.3, -0.25) is 4.79 Å². The maximum atomic E-state index is 12.8. The van der Waals surface area contributed by atoms with Gasteiger partial charge in [0.15, 0.2) is 11.5 Å². The summed E-state index contributed by atoms with van der Waals surface area (Å²) in [7, 11) is -0.222. The first-order valence-electron chi connectivity index (χ1n) is 8.25. The fourth-order valence-electron chi connectivity index (χ4n) is 2.43. The Morgan fingerprint density at radius 1 is 1.10 bits per heavy atom. The fraction of sp³-hybridized carbons (Fsp3) is 0.278. The number of rotatable bonds is 7. The van der Waals surface area contributed by atoms with Crippen molar-refractivity contribution in [3.63, 3.8) is 0 Å². The number of likely N-dealkylation sites (N-methyl/N-ethyl adjacent to an activating group) is 1. The molecule has 0 radical (unpaired) electrons. The summed E-state index contributed by atoms with van der Waals surface area (Å²) in [5.74, 6) is -0.383. The number of halogens is 4. The number of alkyl halides is 3. The van der Waals surface area contributed by atoms with Gasteiger partial charge in [-0.2, -0.15) is 17.5 Å². The van der Waals surface area contributed by atoms with Gasteiger partial charge in [-0.25, -0.2) is 8.42 Å². The standard InChI is InChI=1S/C18H18ClF3N2O5S/c1-24(30(26,27)12-5-7-15(28-2)16(9-12)29-3)10-17(25)23-14-8-11(18(20,21)22)4-6-13(14)19/h4-9H,10H2,1-3H3,(H,23,25). The number of hydrogen-bond acceptors (Lipinski definition) is 5. The van der Waals surface area contributed by atoms with Crippen molar-refractivity contribution < 1.29 is 35.9 Å². The van der Waals surface area contributed by atoms with Crippen molar-refractivity contribution in [1.29, 1.82) is 0 Å². The molecule has 0 saturated carbocycles. The maximum Gasteiger partial charge on any atom is 0.416 e. The number of hydrogen-bond donors (Lipinski definition) is 1. The minimum Gasteiger partial charge on any atom is -0.493 e. The van der Waals surface area contributed by atoms with Crippen molar-refractivity contribution in [2.45, 2.75) is 11.1 Å². The molecule has 2 aromatic rings. The lowest BCUT2D eigenvalue weighted by Crippen LogP contribution is -2.35. The van der Waals surface area contributed by atoms with Gasteiger partial charge in [0.1, 0.15) is 0 Å². The minimum atomic E-state index is -4.63. The Morgan fingerprint density at radius 2 is 1.73 bits per heavy atom. The molecule has 12 heteroatoms. The van der Waals surface area contributed by atoms with Crippen LogP contribution < -0.4 is 14.8 Å². The molecule has 0 bridgehead atoms. The van der Waals surface area contributed by atoms with E-state index < -0.39 is 34.2 Å². The zero-order chi connectivity index (χ0) is 22.7. The van der Waals surface area contributed by atoms with Gasteiger partial charge in [0, 0.05) is 13.1 Å². The Kier molecular flexibility index (Phi) is 7.22. The van der Waals surface area contributed by atoms with Gasteiger partial charge in [0.05, 0.1) is 41.9 Å². The molecular formula is C18H18ClF3N2O5S. The summed E-state index contributed by atoms with van der Waals surface area (Å²) in [5.41, 5.74) is -1.29. The SMILES string of the molecule is COc1ccc(S(=O)(=O)N(C)CC(=O)Nc2cc(C(F)(F)F)ccc2Cl)cc1OC.